The van der Waals surface area contributed by atoms with Crippen LogP contribution in [0.3, 0.4) is 0 Å². The quantitative estimate of drug-likeness (QED) is 0.822. The lowest BCUT2D eigenvalue weighted by molar-refractivity contribution is -0.142. The van der Waals surface area contributed by atoms with Crippen molar-refractivity contribution in [3.05, 3.63) is 27.4 Å². The van der Waals surface area contributed by atoms with Crippen LogP contribution in [-0.4, -0.2) is 57.5 Å². The number of nitrogens with zero attached hydrogens (tertiary/aromatic N) is 3. The summed E-state index contributed by atoms with van der Waals surface area (Å²) in [6, 6.07) is 0.473. The number of ether oxygens (including phenoxy) is 1. The zero-order valence-corrected chi connectivity index (χ0v) is 18.1. The Balaban J connectivity index is 1.33. The fourth-order valence-corrected chi connectivity index (χ4v) is 5.81. The van der Waals surface area contributed by atoms with E-state index in [-0.39, 0.29) is 23.6 Å². The smallest absolute Gasteiger partial charge is 0.255 e. The molecule has 4 aliphatic rings. The molecule has 4 heterocycles. The van der Waals surface area contributed by atoms with E-state index in [0.717, 1.165) is 62.4 Å². The van der Waals surface area contributed by atoms with Gasteiger partial charge in [0.15, 0.2) is 0 Å². The summed E-state index contributed by atoms with van der Waals surface area (Å²) in [6.45, 7) is 5.41. The number of carbonyl (C=O) groups excluding carboxylic acids is 1. The monoisotopic (exact) mass is 414 g/mol. The van der Waals surface area contributed by atoms with Gasteiger partial charge in [-0.2, -0.15) is 0 Å². The molecule has 7 heteroatoms. The van der Waals surface area contributed by atoms with E-state index in [0.29, 0.717) is 25.0 Å². The van der Waals surface area contributed by atoms with Gasteiger partial charge < -0.3 is 14.6 Å². The topological polar surface area (TPSA) is 78.5 Å². The van der Waals surface area contributed by atoms with Gasteiger partial charge in [0.2, 0.25) is 0 Å². The number of hydrogen-bond donors (Lipinski definition) is 1. The second-order valence-electron chi connectivity index (χ2n) is 9.70. The van der Waals surface area contributed by atoms with Crippen molar-refractivity contribution >= 4 is 5.91 Å². The molecule has 2 saturated heterocycles. The van der Waals surface area contributed by atoms with Gasteiger partial charge in [0.25, 0.3) is 11.5 Å². The summed E-state index contributed by atoms with van der Waals surface area (Å²) in [6.07, 6.45) is 9.10. The van der Waals surface area contributed by atoms with Gasteiger partial charge in [-0.3, -0.25) is 14.5 Å². The second-order valence-corrected chi connectivity index (χ2v) is 9.70. The average molecular weight is 415 g/mol. The van der Waals surface area contributed by atoms with Crippen molar-refractivity contribution in [2.24, 2.45) is 5.92 Å². The third-order valence-corrected chi connectivity index (χ3v) is 7.67. The molecule has 1 N–H and O–H groups in total. The highest BCUT2D eigenvalue weighted by atomic mass is 16.5. The van der Waals surface area contributed by atoms with Gasteiger partial charge in [0, 0.05) is 38.7 Å². The first-order valence-corrected chi connectivity index (χ1v) is 11.9. The molecule has 2 atom stereocenters. The molecule has 1 aromatic rings. The van der Waals surface area contributed by atoms with Crippen LogP contribution in [0.4, 0.5) is 0 Å². The Kier molecular flexibility index (Phi) is 5.67. The Bertz CT molecular complexity index is 839. The number of likely N-dealkylation sites (tertiary alicyclic amines) is 1. The molecule has 0 spiro atoms. The third-order valence-electron chi connectivity index (χ3n) is 7.67. The van der Waals surface area contributed by atoms with E-state index in [1.807, 2.05) is 4.90 Å². The maximum Gasteiger partial charge on any atom is 0.255 e. The van der Waals surface area contributed by atoms with Gasteiger partial charge in [-0.15, -0.1) is 0 Å². The number of aromatic amines is 1. The number of rotatable bonds is 3. The molecule has 1 saturated carbocycles. The minimum absolute atomic E-state index is 0.0136. The molecule has 0 unspecified atom stereocenters. The number of nitrogens with one attached hydrogen (secondary N) is 1. The predicted octanol–water partition coefficient (Wildman–Crippen LogP) is 2.55. The van der Waals surface area contributed by atoms with Crippen molar-refractivity contribution in [3.63, 3.8) is 0 Å². The second kappa shape index (κ2) is 8.42. The van der Waals surface area contributed by atoms with Crippen molar-refractivity contribution in [1.82, 2.24) is 19.8 Å². The summed E-state index contributed by atoms with van der Waals surface area (Å²) < 4.78 is 5.61. The molecule has 0 radical (unpaired) electrons. The minimum Gasteiger partial charge on any atom is -0.368 e. The van der Waals surface area contributed by atoms with E-state index in [9.17, 15) is 9.59 Å². The molecule has 1 amide bonds. The summed E-state index contributed by atoms with van der Waals surface area (Å²) >= 11 is 0. The zero-order valence-electron chi connectivity index (χ0n) is 18.1. The molecule has 30 heavy (non-hydrogen) atoms. The lowest BCUT2D eigenvalue weighted by Gasteiger charge is -2.38. The van der Waals surface area contributed by atoms with Crippen molar-refractivity contribution < 1.29 is 9.53 Å². The van der Waals surface area contributed by atoms with Crippen molar-refractivity contribution in [1.29, 1.82) is 0 Å². The van der Waals surface area contributed by atoms with E-state index in [4.69, 9.17) is 9.72 Å². The number of amides is 1. The van der Waals surface area contributed by atoms with Crippen molar-refractivity contribution in [2.75, 3.05) is 19.7 Å². The number of hydrogen-bond acceptors (Lipinski definition) is 5. The SMILES string of the molecule is CC1CCC(N2CCc3nc([C@H]4CCCN4C(=O)[C@H]4CCCO4)[nH]c(=O)c3C2)CC1. The number of carbonyl (C=O) groups is 1. The van der Waals surface area contributed by atoms with Crippen LogP contribution >= 0.6 is 0 Å². The molecular formula is C23H34N4O3. The van der Waals surface area contributed by atoms with Crippen LogP contribution in [0.5, 0.6) is 0 Å². The Morgan fingerprint density at radius 1 is 1.10 bits per heavy atom. The fourth-order valence-electron chi connectivity index (χ4n) is 5.81. The van der Waals surface area contributed by atoms with Gasteiger partial charge >= 0.3 is 0 Å². The number of H-pyrrole nitrogens is 1. The maximum absolute atomic E-state index is 13.0. The van der Waals surface area contributed by atoms with Crippen LogP contribution in [0.25, 0.3) is 0 Å². The molecular weight excluding hydrogens is 380 g/mol. The van der Waals surface area contributed by atoms with Crippen molar-refractivity contribution in [2.45, 2.75) is 89.4 Å². The minimum atomic E-state index is -0.318. The molecule has 3 aliphatic heterocycles. The molecule has 7 nitrogen and oxygen atoms in total. The first-order chi connectivity index (χ1) is 14.6. The highest BCUT2D eigenvalue weighted by molar-refractivity contribution is 5.81. The molecule has 3 fully saturated rings. The van der Waals surface area contributed by atoms with Crippen LogP contribution in [0.1, 0.15) is 81.4 Å². The molecule has 1 aliphatic carbocycles. The molecule has 164 valence electrons. The van der Waals surface area contributed by atoms with E-state index < -0.39 is 0 Å². The van der Waals surface area contributed by atoms with Crippen molar-refractivity contribution in [3.8, 4) is 0 Å². The normalized spacial score (nSPS) is 32.4. The van der Waals surface area contributed by atoms with Gasteiger partial charge in [0.05, 0.1) is 17.3 Å². The Labute approximate surface area is 178 Å². The fraction of sp³-hybridized carbons (Fsp3) is 0.783. The summed E-state index contributed by atoms with van der Waals surface area (Å²) in [4.78, 5) is 38.3. The highest BCUT2D eigenvalue weighted by Crippen LogP contribution is 2.33. The molecule has 0 bridgehead atoms. The summed E-state index contributed by atoms with van der Waals surface area (Å²) in [5.74, 6) is 1.56. The van der Waals surface area contributed by atoms with E-state index in [1.165, 1.54) is 25.7 Å². The lowest BCUT2D eigenvalue weighted by atomic mass is 9.86. The van der Waals surface area contributed by atoms with Crippen LogP contribution in [0.15, 0.2) is 4.79 Å². The molecule has 0 aromatic carbocycles. The van der Waals surface area contributed by atoms with E-state index in [1.54, 1.807) is 0 Å². The van der Waals surface area contributed by atoms with Gasteiger partial charge in [-0.05, 0) is 57.3 Å². The first kappa shape index (κ1) is 20.2. The predicted molar refractivity (Wildman–Crippen MR) is 113 cm³/mol. The summed E-state index contributed by atoms with van der Waals surface area (Å²) in [7, 11) is 0. The van der Waals surface area contributed by atoms with Crippen LogP contribution in [0.2, 0.25) is 0 Å². The highest BCUT2D eigenvalue weighted by Gasteiger charge is 2.38. The third kappa shape index (κ3) is 3.82. The van der Waals surface area contributed by atoms with Crippen LogP contribution in [0, 0.1) is 5.92 Å². The summed E-state index contributed by atoms with van der Waals surface area (Å²) in [5.41, 5.74) is 1.75. The van der Waals surface area contributed by atoms with Gasteiger partial charge in [-0.25, -0.2) is 4.98 Å². The van der Waals surface area contributed by atoms with Crippen LogP contribution < -0.4 is 5.56 Å². The van der Waals surface area contributed by atoms with Gasteiger partial charge in [0.1, 0.15) is 11.9 Å². The number of fused-ring (bicyclic) bond motifs is 1. The van der Waals surface area contributed by atoms with E-state index >= 15 is 0 Å². The Morgan fingerprint density at radius 2 is 1.93 bits per heavy atom. The Morgan fingerprint density at radius 3 is 2.70 bits per heavy atom. The molecule has 5 rings (SSSR count). The first-order valence-electron chi connectivity index (χ1n) is 11.9. The summed E-state index contributed by atoms with van der Waals surface area (Å²) in [5, 5.41) is 0. The lowest BCUT2D eigenvalue weighted by Crippen LogP contribution is -2.44. The standard InChI is InChI=1S/C23H34N4O3/c1-15-6-8-16(9-7-15)26-12-10-18-17(14-26)22(28)25-21(24-18)19-4-2-11-27(19)23(29)20-5-3-13-30-20/h15-16,19-20H,2-14H2,1H3,(H,24,25,28)/t15?,16?,19-,20-/m1/s1. The van der Waals surface area contributed by atoms with Crippen LogP contribution in [-0.2, 0) is 22.5 Å². The maximum atomic E-state index is 13.0. The zero-order chi connectivity index (χ0) is 20.7. The average Bonchev–Trinajstić information content (AvgIpc) is 3.46. The Hall–Kier alpha value is -1.73. The van der Waals surface area contributed by atoms with E-state index in [2.05, 4.69) is 16.8 Å². The largest absolute Gasteiger partial charge is 0.368 e. The van der Waals surface area contributed by atoms with Gasteiger partial charge in [-0.1, -0.05) is 6.92 Å². The number of aromatic nitrogens is 2. The molecule has 1 aromatic heterocycles.